The van der Waals surface area contributed by atoms with E-state index in [0.717, 1.165) is 19.5 Å². The van der Waals surface area contributed by atoms with Crippen molar-refractivity contribution in [1.29, 1.82) is 0 Å². The van der Waals surface area contributed by atoms with Gasteiger partial charge in [0.2, 0.25) is 0 Å². The third-order valence-corrected chi connectivity index (χ3v) is 5.17. The van der Waals surface area contributed by atoms with E-state index in [9.17, 15) is 0 Å². The van der Waals surface area contributed by atoms with Gasteiger partial charge in [-0.2, -0.15) is 0 Å². The monoisotopic (exact) mass is 337 g/mol. The van der Waals surface area contributed by atoms with Crippen LogP contribution in [0.25, 0.3) is 0 Å². The predicted octanol–water partition coefficient (Wildman–Crippen LogP) is 2.50. The van der Waals surface area contributed by atoms with Gasteiger partial charge in [-0.15, -0.1) is 0 Å². The van der Waals surface area contributed by atoms with Crippen LogP contribution in [0.2, 0.25) is 0 Å². The summed E-state index contributed by atoms with van der Waals surface area (Å²) in [7, 11) is 0. The summed E-state index contributed by atoms with van der Waals surface area (Å²) in [5, 5.41) is 3.42. The number of piperazine rings is 1. The lowest BCUT2D eigenvalue weighted by Gasteiger charge is -2.28. The van der Waals surface area contributed by atoms with Crippen molar-refractivity contribution >= 4 is 21.6 Å². The fourth-order valence-electron chi connectivity index (χ4n) is 3.25. The fourth-order valence-corrected chi connectivity index (χ4v) is 3.81. The lowest BCUT2D eigenvalue weighted by atomic mass is 10.1. The molecule has 2 heterocycles. The molecule has 1 aromatic rings. The number of rotatable bonds is 4. The molecule has 1 N–H and O–H groups in total. The minimum atomic E-state index is 1.13. The Morgan fingerprint density at radius 3 is 2.55 bits per heavy atom. The largest absolute Gasteiger partial charge is 0.371 e. The lowest BCUT2D eigenvalue weighted by molar-refractivity contribution is 0.244. The van der Waals surface area contributed by atoms with Crippen LogP contribution in [0.5, 0.6) is 0 Å². The second-order valence-corrected chi connectivity index (χ2v) is 6.63. The molecular weight excluding hydrogens is 314 g/mol. The third-order valence-electron chi connectivity index (χ3n) is 4.43. The van der Waals surface area contributed by atoms with Crippen LogP contribution in [0.3, 0.4) is 0 Å². The highest BCUT2D eigenvalue weighted by molar-refractivity contribution is 9.10. The van der Waals surface area contributed by atoms with E-state index in [4.69, 9.17) is 0 Å². The summed E-state index contributed by atoms with van der Waals surface area (Å²) in [4.78, 5) is 5.13. The molecule has 0 bridgehead atoms. The van der Waals surface area contributed by atoms with Gasteiger partial charge in [-0.3, -0.25) is 0 Å². The quantitative estimate of drug-likeness (QED) is 0.910. The number of anilines is 1. The zero-order valence-corrected chi connectivity index (χ0v) is 13.7. The molecule has 0 atom stereocenters. The van der Waals surface area contributed by atoms with Gasteiger partial charge in [0.25, 0.3) is 0 Å². The summed E-state index contributed by atoms with van der Waals surface area (Å²) >= 11 is 3.76. The van der Waals surface area contributed by atoms with Crippen LogP contribution in [0.15, 0.2) is 22.7 Å². The zero-order valence-electron chi connectivity index (χ0n) is 12.1. The van der Waals surface area contributed by atoms with Crippen molar-refractivity contribution in [2.75, 3.05) is 50.7 Å². The highest BCUT2D eigenvalue weighted by atomic mass is 79.9. The van der Waals surface area contributed by atoms with E-state index in [1.54, 1.807) is 0 Å². The van der Waals surface area contributed by atoms with Gasteiger partial charge in [0, 0.05) is 56.0 Å². The smallest absolute Gasteiger partial charge is 0.0410 e. The van der Waals surface area contributed by atoms with Crippen LogP contribution in [-0.2, 0) is 6.42 Å². The summed E-state index contributed by atoms with van der Waals surface area (Å²) in [5.41, 5.74) is 2.94. The molecule has 0 spiro atoms. The molecule has 110 valence electrons. The van der Waals surface area contributed by atoms with E-state index in [-0.39, 0.29) is 0 Å². The first-order chi connectivity index (χ1) is 9.84. The van der Waals surface area contributed by atoms with E-state index in [1.165, 1.54) is 61.3 Å². The Hall–Kier alpha value is -0.580. The first-order valence-corrected chi connectivity index (χ1v) is 8.59. The highest BCUT2D eigenvalue weighted by Gasteiger charge is 2.18. The number of halogens is 1. The van der Waals surface area contributed by atoms with E-state index in [2.05, 4.69) is 49.2 Å². The van der Waals surface area contributed by atoms with E-state index < -0.39 is 0 Å². The van der Waals surface area contributed by atoms with Crippen molar-refractivity contribution in [3.05, 3.63) is 28.2 Å². The number of hydrogen-bond donors (Lipinski definition) is 1. The Labute approximate surface area is 130 Å². The van der Waals surface area contributed by atoms with Gasteiger partial charge >= 0.3 is 0 Å². The summed E-state index contributed by atoms with van der Waals surface area (Å²) in [6.07, 6.45) is 3.82. The Morgan fingerprint density at radius 2 is 1.80 bits per heavy atom. The van der Waals surface area contributed by atoms with Crippen LogP contribution < -0.4 is 10.2 Å². The van der Waals surface area contributed by atoms with E-state index >= 15 is 0 Å². The molecule has 2 saturated heterocycles. The van der Waals surface area contributed by atoms with Gasteiger partial charge in [-0.25, -0.2) is 0 Å². The molecule has 2 aliphatic rings. The predicted molar refractivity (Wildman–Crippen MR) is 88.6 cm³/mol. The standard InChI is InChI=1S/C16H24BrN3/c17-15-4-3-5-16(20-9-1-2-10-20)14(15)6-11-19-12-7-18-8-13-19/h3-5,18H,1-2,6-13H2. The molecule has 20 heavy (non-hydrogen) atoms. The summed E-state index contributed by atoms with van der Waals surface area (Å²) in [5.74, 6) is 0. The normalized spacial score (nSPS) is 20.6. The van der Waals surface area contributed by atoms with Crippen LogP contribution >= 0.6 is 15.9 Å². The summed E-state index contributed by atoms with van der Waals surface area (Å²) < 4.78 is 1.28. The fraction of sp³-hybridized carbons (Fsp3) is 0.625. The molecule has 2 fully saturated rings. The van der Waals surface area contributed by atoms with Gasteiger partial charge in [0.1, 0.15) is 0 Å². The summed E-state index contributed by atoms with van der Waals surface area (Å²) in [6, 6.07) is 6.65. The third kappa shape index (κ3) is 3.35. The van der Waals surface area contributed by atoms with Crippen molar-refractivity contribution < 1.29 is 0 Å². The SMILES string of the molecule is Brc1cccc(N2CCCC2)c1CCN1CCNCC1. The van der Waals surface area contributed by atoms with Gasteiger partial charge in [-0.05, 0) is 37.0 Å². The molecule has 4 heteroatoms. The molecule has 0 aliphatic carbocycles. The van der Waals surface area contributed by atoms with Gasteiger partial charge in [-0.1, -0.05) is 22.0 Å². The van der Waals surface area contributed by atoms with Crippen LogP contribution in [-0.4, -0.2) is 50.7 Å². The second kappa shape index (κ2) is 6.92. The molecule has 0 radical (unpaired) electrons. The average Bonchev–Trinajstić information content (AvgIpc) is 3.01. The van der Waals surface area contributed by atoms with Crippen molar-refractivity contribution in [3.63, 3.8) is 0 Å². The van der Waals surface area contributed by atoms with Crippen LogP contribution in [0.4, 0.5) is 5.69 Å². The van der Waals surface area contributed by atoms with Crippen molar-refractivity contribution in [2.24, 2.45) is 0 Å². The highest BCUT2D eigenvalue weighted by Crippen LogP contribution is 2.30. The minimum absolute atomic E-state index is 1.13. The average molecular weight is 338 g/mol. The maximum atomic E-state index is 3.76. The Balaban J connectivity index is 1.70. The Morgan fingerprint density at radius 1 is 1.05 bits per heavy atom. The molecule has 3 rings (SSSR count). The number of nitrogens with one attached hydrogen (secondary N) is 1. The van der Waals surface area contributed by atoms with Gasteiger partial charge in [0.15, 0.2) is 0 Å². The molecule has 0 amide bonds. The minimum Gasteiger partial charge on any atom is -0.371 e. The topological polar surface area (TPSA) is 18.5 Å². The number of nitrogens with zero attached hydrogens (tertiary/aromatic N) is 2. The molecular formula is C16H24BrN3. The van der Waals surface area contributed by atoms with Gasteiger partial charge < -0.3 is 15.1 Å². The van der Waals surface area contributed by atoms with Crippen molar-refractivity contribution in [1.82, 2.24) is 10.2 Å². The maximum Gasteiger partial charge on any atom is 0.0410 e. The van der Waals surface area contributed by atoms with Crippen LogP contribution in [0, 0.1) is 0 Å². The first-order valence-electron chi connectivity index (χ1n) is 7.80. The van der Waals surface area contributed by atoms with Gasteiger partial charge in [0.05, 0.1) is 0 Å². The van der Waals surface area contributed by atoms with Crippen molar-refractivity contribution in [2.45, 2.75) is 19.3 Å². The van der Waals surface area contributed by atoms with E-state index in [0.29, 0.717) is 0 Å². The van der Waals surface area contributed by atoms with Crippen molar-refractivity contribution in [3.8, 4) is 0 Å². The zero-order chi connectivity index (χ0) is 13.8. The first kappa shape index (κ1) is 14.4. The molecule has 2 aliphatic heterocycles. The molecule has 1 aromatic carbocycles. The van der Waals surface area contributed by atoms with E-state index in [1.807, 2.05) is 0 Å². The molecule has 0 aromatic heterocycles. The molecule has 3 nitrogen and oxygen atoms in total. The Kier molecular flexibility index (Phi) is 4.97. The lowest BCUT2D eigenvalue weighted by Crippen LogP contribution is -2.44. The molecule has 0 unspecified atom stereocenters. The second-order valence-electron chi connectivity index (χ2n) is 5.77. The summed E-state index contributed by atoms with van der Waals surface area (Å²) in [6.45, 7) is 8.25. The number of hydrogen-bond acceptors (Lipinski definition) is 3. The van der Waals surface area contributed by atoms with Crippen LogP contribution in [0.1, 0.15) is 18.4 Å². The Bertz CT molecular complexity index is 437. The number of benzene rings is 1. The maximum absolute atomic E-state index is 3.76. The molecule has 0 saturated carbocycles.